The number of rotatable bonds is 1. The van der Waals surface area contributed by atoms with Crippen LogP contribution in [0.5, 0.6) is 0 Å². The molecule has 0 N–H and O–H groups in total. The quantitative estimate of drug-likeness (QED) is 0.557. The largest absolute Gasteiger partial charge is 0.380 e. The second-order valence-electron chi connectivity index (χ2n) is 2.62. The van der Waals surface area contributed by atoms with Crippen molar-refractivity contribution in [3.63, 3.8) is 0 Å². The third kappa shape index (κ3) is 1.87. The minimum atomic E-state index is 0.517. The van der Waals surface area contributed by atoms with Crippen LogP contribution in [0.25, 0.3) is 0 Å². The number of ether oxygens (including phenoxy) is 1. The Balaban J connectivity index is 2.30. The second kappa shape index (κ2) is 3.47. The van der Waals surface area contributed by atoms with E-state index in [9.17, 15) is 0 Å². The topological polar surface area (TPSA) is 9.23 Å². The summed E-state index contributed by atoms with van der Waals surface area (Å²) < 4.78 is 5.28. The van der Waals surface area contributed by atoms with Crippen molar-refractivity contribution < 1.29 is 4.74 Å². The zero-order valence-corrected chi connectivity index (χ0v) is 6.91. The minimum Gasteiger partial charge on any atom is -0.380 e. The molecule has 0 radical (unpaired) electrons. The van der Waals surface area contributed by atoms with Gasteiger partial charge in [-0.2, -0.15) is 11.8 Å². The molecule has 0 aromatic heterocycles. The lowest BCUT2D eigenvalue weighted by atomic mass is 10.0. The molecule has 2 atom stereocenters. The Hall–Kier alpha value is 0.310. The standard InChI is InChI=1S/C7H14OS/c1-6-3-4-9-5-7(6)8-2/h6-7H,3-5H2,1-2H3. The van der Waals surface area contributed by atoms with Gasteiger partial charge in [-0.1, -0.05) is 6.92 Å². The maximum Gasteiger partial charge on any atom is 0.0687 e. The number of hydrogen-bond donors (Lipinski definition) is 0. The van der Waals surface area contributed by atoms with E-state index in [4.69, 9.17) is 4.74 Å². The molecule has 0 saturated carbocycles. The first-order chi connectivity index (χ1) is 4.34. The summed E-state index contributed by atoms with van der Waals surface area (Å²) in [5.41, 5.74) is 0. The summed E-state index contributed by atoms with van der Waals surface area (Å²) in [6.45, 7) is 2.27. The van der Waals surface area contributed by atoms with Gasteiger partial charge in [0.05, 0.1) is 6.10 Å². The van der Waals surface area contributed by atoms with Crippen molar-refractivity contribution in [3.05, 3.63) is 0 Å². The predicted molar refractivity (Wildman–Crippen MR) is 41.9 cm³/mol. The number of methoxy groups -OCH3 is 1. The van der Waals surface area contributed by atoms with Gasteiger partial charge in [0.2, 0.25) is 0 Å². The molecular formula is C7H14OS. The van der Waals surface area contributed by atoms with Crippen LogP contribution in [-0.2, 0) is 4.74 Å². The summed E-state index contributed by atoms with van der Waals surface area (Å²) in [6.07, 6.45) is 1.84. The SMILES string of the molecule is COC1CSCCC1C. The van der Waals surface area contributed by atoms with E-state index < -0.39 is 0 Å². The van der Waals surface area contributed by atoms with Crippen LogP contribution in [0, 0.1) is 5.92 Å². The van der Waals surface area contributed by atoms with Gasteiger partial charge < -0.3 is 4.74 Å². The van der Waals surface area contributed by atoms with Gasteiger partial charge in [0.1, 0.15) is 0 Å². The maximum absolute atomic E-state index is 5.28. The molecular weight excluding hydrogens is 132 g/mol. The van der Waals surface area contributed by atoms with Crippen LogP contribution in [0.4, 0.5) is 0 Å². The molecule has 1 aliphatic rings. The summed E-state index contributed by atoms with van der Waals surface area (Å²) in [6, 6.07) is 0. The lowest BCUT2D eigenvalue weighted by molar-refractivity contribution is 0.0736. The van der Waals surface area contributed by atoms with Gasteiger partial charge in [0.15, 0.2) is 0 Å². The highest BCUT2D eigenvalue weighted by atomic mass is 32.2. The molecule has 1 saturated heterocycles. The van der Waals surface area contributed by atoms with Crippen molar-refractivity contribution in [2.45, 2.75) is 19.4 Å². The van der Waals surface area contributed by atoms with E-state index in [1.165, 1.54) is 17.9 Å². The fraction of sp³-hybridized carbons (Fsp3) is 1.00. The van der Waals surface area contributed by atoms with E-state index in [-0.39, 0.29) is 0 Å². The molecule has 1 rings (SSSR count). The first kappa shape index (κ1) is 7.42. The second-order valence-corrected chi connectivity index (χ2v) is 3.76. The van der Waals surface area contributed by atoms with E-state index in [1.807, 2.05) is 18.9 Å². The molecule has 2 unspecified atom stereocenters. The van der Waals surface area contributed by atoms with Gasteiger partial charge in [0.25, 0.3) is 0 Å². The van der Waals surface area contributed by atoms with E-state index in [2.05, 4.69) is 6.92 Å². The molecule has 2 heteroatoms. The predicted octanol–water partition coefficient (Wildman–Crippen LogP) is 1.77. The van der Waals surface area contributed by atoms with E-state index in [0.29, 0.717) is 6.10 Å². The molecule has 1 fully saturated rings. The van der Waals surface area contributed by atoms with Crippen molar-refractivity contribution in [1.82, 2.24) is 0 Å². The van der Waals surface area contributed by atoms with Crippen LogP contribution in [0.15, 0.2) is 0 Å². The number of hydrogen-bond acceptors (Lipinski definition) is 2. The van der Waals surface area contributed by atoms with E-state index in [1.54, 1.807) is 0 Å². The Morgan fingerprint density at radius 3 is 2.78 bits per heavy atom. The van der Waals surface area contributed by atoms with Gasteiger partial charge in [-0.3, -0.25) is 0 Å². The van der Waals surface area contributed by atoms with Crippen LogP contribution in [-0.4, -0.2) is 24.7 Å². The normalized spacial score (nSPS) is 36.7. The first-order valence-electron chi connectivity index (χ1n) is 3.45. The molecule has 0 aromatic carbocycles. The van der Waals surface area contributed by atoms with Crippen molar-refractivity contribution >= 4 is 11.8 Å². The summed E-state index contributed by atoms with van der Waals surface area (Å²) in [7, 11) is 1.81. The van der Waals surface area contributed by atoms with Crippen LogP contribution in [0.2, 0.25) is 0 Å². The van der Waals surface area contributed by atoms with Gasteiger partial charge in [-0.05, 0) is 18.1 Å². The summed E-state index contributed by atoms with van der Waals surface area (Å²) >= 11 is 2.01. The Morgan fingerprint density at radius 2 is 2.33 bits per heavy atom. The molecule has 0 aromatic rings. The zero-order valence-electron chi connectivity index (χ0n) is 6.09. The molecule has 0 aliphatic carbocycles. The molecule has 9 heavy (non-hydrogen) atoms. The monoisotopic (exact) mass is 146 g/mol. The van der Waals surface area contributed by atoms with Crippen molar-refractivity contribution in [2.75, 3.05) is 18.6 Å². The van der Waals surface area contributed by atoms with E-state index >= 15 is 0 Å². The van der Waals surface area contributed by atoms with Gasteiger partial charge in [-0.25, -0.2) is 0 Å². The van der Waals surface area contributed by atoms with Gasteiger partial charge >= 0.3 is 0 Å². The molecule has 1 heterocycles. The third-order valence-electron chi connectivity index (χ3n) is 1.94. The third-order valence-corrected chi connectivity index (χ3v) is 3.03. The van der Waals surface area contributed by atoms with E-state index in [0.717, 1.165) is 5.92 Å². The fourth-order valence-electron chi connectivity index (χ4n) is 1.12. The summed E-state index contributed by atoms with van der Waals surface area (Å²) in [5, 5.41) is 0. The van der Waals surface area contributed by atoms with Crippen molar-refractivity contribution in [3.8, 4) is 0 Å². The van der Waals surface area contributed by atoms with Crippen LogP contribution < -0.4 is 0 Å². The van der Waals surface area contributed by atoms with Crippen molar-refractivity contribution in [2.24, 2.45) is 5.92 Å². The Labute approximate surface area is 61.2 Å². The molecule has 1 nitrogen and oxygen atoms in total. The fourth-order valence-corrected chi connectivity index (χ4v) is 2.52. The Kier molecular flexibility index (Phi) is 2.86. The minimum absolute atomic E-state index is 0.517. The molecule has 0 amide bonds. The molecule has 0 bridgehead atoms. The highest BCUT2D eigenvalue weighted by molar-refractivity contribution is 7.99. The average Bonchev–Trinajstić information content (AvgIpc) is 1.89. The van der Waals surface area contributed by atoms with Crippen LogP contribution in [0.1, 0.15) is 13.3 Å². The van der Waals surface area contributed by atoms with Gasteiger partial charge in [0, 0.05) is 12.9 Å². The Morgan fingerprint density at radius 1 is 1.56 bits per heavy atom. The summed E-state index contributed by atoms with van der Waals surface area (Å²) in [5.74, 6) is 3.29. The van der Waals surface area contributed by atoms with Crippen molar-refractivity contribution in [1.29, 1.82) is 0 Å². The molecule has 0 spiro atoms. The zero-order chi connectivity index (χ0) is 6.69. The highest BCUT2D eigenvalue weighted by Gasteiger charge is 2.20. The molecule has 54 valence electrons. The van der Waals surface area contributed by atoms with Crippen LogP contribution >= 0.6 is 11.8 Å². The maximum atomic E-state index is 5.28. The smallest absolute Gasteiger partial charge is 0.0687 e. The average molecular weight is 146 g/mol. The van der Waals surface area contributed by atoms with Crippen LogP contribution in [0.3, 0.4) is 0 Å². The number of thioether (sulfide) groups is 1. The lowest BCUT2D eigenvalue weighted by Gasteiger charge is -2.26. The lowest BCUT2D eigenvalue weighted by Crippen LogP contribution is -2.27. The summed E-state index contributed by atoms with van der Waals surface area (Å²) in [4.78, 5) is 0. The Bertz CT molecular complexity index is 85.0. The first-order valence-corrected chi connectivity index (χ1v) is 4.60. The van der Waals surface area contributed by atoms with Gasteiger partial charge in [-0.15, -0.1) is 0 Å². The highest BCUT2D eigenvalue weighted by Crippen LogP contribution is 2.24. The molecule has 1 aliphatic heterocycles.